The van der Waals surface area contributed by atoms with Gasteiger partial charge in [-0.2, -0.15) is 10.2 Å². The van der Waals surface area contributed by atoms with Crippen molar-refractivity contribution in [2.24, 2.45) is 16.9 Å². The Morgan fingerprint density at radius 2 is 2.12 bits per heavy atom. The molecule has 1 amide bonds. The lowest BCUT2D eigenvalue weighted by Crippen LogP contribution is -2.37. The second-order valence-electron chi connectivity index (χ2n) is 6.86. The van der Waals surface area contributed by atoms with Crippen LogP contribution in [0, 0.1) is 11.8 Å². The smallest absolute Gasteiger partial charge is 0.243 e. The molecule has 1 fully saturated rings. The zero-order valence-corrected chi connectivity index (χ0v) is 14.8. The third-order valence-corrected chi connectivity index (χ3v) is 5.07. The Kier molecular flexibility index (Phi) is 3.83. The molecule has 0 radical (unpaired) electrons. The molecule has 126 valence electrons. The minimum absolute atomic E-state index is 0.0990. The van der Waals surface area contributed by atoms with Crippen LogP contribution >= 0.6 is 11.6 Å². The molecule has 1 unspecified atom stereocenters. The number of aryl methyl sites for hydroxylation is 1. The third kappa shape index (κ3) is 2.71. The Bertz CT molecular complexity index is 837. The molecule has 3 heterocycles. The van der Waals surface area contributed by atoms with Gasteiger partial charge in [0.15, 0.2) is 0 Å². The van der Waals surface area contributed by atoms with Gasteiger partial charge in [0.1, 0.15) is 0 Å². The van der Waals surface area contributed by atoms with Crippen LogP contribution in [0.25, 0.3) is 5.52 Å². The average Bonchev–Trinajstić information content (AvgIpc) is 3.29. The summed E-state index contributed by atoms with van der Waals surface area (Å²) in [6.07, 6.45) is 5.57. The number of carbonyl (C=O) groups is 1. The van der Waals surface area contributed by atoms with Gasteiger partial charge in [-0.05, 0) is 37.3 Å². The summed E-state index contributed by atoms with van der Waals surface area (Å²) in [6.45, 7) is 4.92. The van der Waals surface area contributed by atoms with E-state index in [0.717, 1.165) is 35.5 Å². The first-order chi connectivity index (χ1) is 11.6. The van der Waals surface area contributed by atoms with Crippen molar-refractivity contribution in [2.75, 3.05) is 6.54 Å². The normalized spacial score (nSPS) is 21.5. The first kappa shape index (κ1) is 15.6. The van der Waals surface area contributed by atoms with Crippen LogP contribution in [0.4, 0.5) is 0 Å². The largest absolute Gasteiger partial charge is 0.273 e. The Morgan fingerprint density at radius 3 is 2.83 bits per heavy atom. The number of hydrogen-bond donors (Lipinski definition) is 0. The summed E-state index contributed by atoms with van der Waals surface area (Å²) >= 11 is 6.10. The van der Waals surface area contributed by atoms with Crippen LogP contribution in [0.5, 0.6) is 0 Å². The molecule has 1 saturated carbocycles. The van der Waals surface area contributed by atoms with Crippen molar-refractivity contribution in [3.8, 4) is 0 Å². The molecule has 6 heteroatoms. The van der Waals surface area contributed by atoms with Gasteiger partial charge in [-0.15, -0.1) is 0 Å². The molecule has 0 N–H and O–H groups in total. The van der Waals surface area contributed by atoms with Crippen molar-refractivity contribution in [2.45, 2.75) is 39.5 Å². The van der Waals surface area contributed by atoms with Crippen molar-refractivity contribution in [1.29, 1.82) is 0 Å². The SMILES string of the molecule is CCc1nn2cc(Cl)ccc2c1C1=NN(CC2CC2)C(=O)CC1C. The molecular weight excluding hydrogens is 324 g/mol. The van der Waals surface area contributed by atoms with Gasteiger partial charge in [0, 0.05) is 30.6 Å². The fraction of sp³-hybridized carbons (Fsp3) is 0.500. The summed E-state index contributed by atoms with van der Waals surface area (Å²) in [5.41, 5.74) is 4.05. The number of nitrogens with zero attached hydrogens (tertiary/aromatic N) is 4. The third-order valence-electron chi connectivity index (χ3n) is 4.85. The Hall–Kier alpha value is -1.88. The van der Waals surface area contributed by atoms with E-state index in [2.05, 4.69) is 18.9 Å². The van der Waals surface area contributed by atoms with Gasteiger partial charge < -0.3 is 0 Å². The van der Waals surface area contributed by atoms with Crippen molar-refractivity contribution < 1.29 is 4.79 Å². The number of aromatic nitrogens is 2. The van der Waals surface area contributed by atoms with Crippen molar-refractivity contribution in [3.63, 3.8) is 0 Å². The molecule has 24 heavy (non-hydrogen) atoms. The zero-order valence-electron chi connectivity index (χ0n) is 14.0. The van der Waals surface area contributed by atoms with E-state index in [0.29, 0.717) is 17.4 Å². The van der Waals surface area contributed by atoms with E-state index in [1.54, 1.807) is 5.01 Å². The maximum atomic E-state index is 12.3. The van der Waals surface area contributed by atoms with Gasteiger partial charge >= 0.3 is 0 Å². The van der Waals surface area contributed by atoms with Crippen LogP contribution in [0.3, 0.4) is 0 Å². The summed E-state index contributed by atoms with van der Waals surface area (Å²) in [5.74, 6) is 0.860. The lowest BCUT2D eigenvalue weighted by Gasteiger charge is -2.27. The monoisotopic (exact) mass is 344 g/mol. The van der Waals surface area contributed by atoms with Crippen molar-refractivity contribution in [3.05, 3.63) is 34.6 Å². The van der Waals surface area contributed by atoms with E-state index < -0.39 is 0 Å². The quantitative estimate of drug-likeness (QED) is 0.851. The number of hydrazone groups is 1. The Balaban J connectivity index is 1.83. The molecule has 0 saturated heterocycles. The number of pyridine rings is 1. The van der Waals surface area contributed by atoms with Gasteiger partial charge in [-0.25, -0.2) is 9.52 Å². The van der Waals surface area contributed by atoms with E-state index in [-0.39, 0.29) is 11.8 Å². The number of fused-ring (bicyclic) bond motifs is 1. The molecule has 2 aromatic heterocycles. The topological polar surface area (TPSA) is 50.0 Å². The highest BCUT2D eigenvalue weighted by Gasteiger charge is 2.33. The van der Waals surface area contributed by atoms with Crippen LogP contribution < -0.4 is 0 Å². The second kappa shape index (κ2) is 5.88. The summed E-state index contributed by atoms with van der Waals surface area (Å²) in [6, 6.07) is 3.86. The molecule has 5 nitrogen and oxygen atoms in total. The highest BCUT2D eigenvalue weighted by atomic mass is 35.5. The summed E-state index contributed by atoms with van der Waals surface area (Å²) in [5, 5.41) is 11.8. The molecule has 0 aromatic carbocycles. The predicted molar refractivity (Wildman–Crippen MR) is 94.3 cm³/mol. The molecule has 4 rings (SSSR count). The predicted octanol–water partition coefficient (Wildman–Crippen LogP) is 3.53. The molecule has 0 bridgehead atoms. The fourth-order valence-electron chi connectivity index (χ4n) is 3.33. The number of hydrogen-bond acceptors (Lipinski definition) is 3. The highest BCUT2D eigenvalue weighted by Crippen LogP contribution is 2.33. The molecule has 1 aliphatic heterocycles. The van der Waals surface area contributed by atoms with Gasteiger partial charge in [-0.3, -0.25) is 4.79 Å². The van der Waals surface area contributed by atoms with E-state index in [4.69, 9.17) is 16.7 Å². The van der Waals surface area contributed by atoms with Crippen LogP contribution in [0.2, 0.25) is 5.02 Å². The second-order valence-corrected chi connectivity index (χ2v) is 7.30. The molecule has 2 aromatic rings. The van der Waals surface area contributed by atoms with E-state index in [9.17, 15) is 4.79 Å². The maximum Gasteiger partial charge on any atom is 0.243 e. The summed E-state index contributed by atoms with van der Waals surface area (Å²) in [7, 11) is 0. The molecule has 2 aliphatic rings. The summed E-state index contributed by atoms with van der Waals surface area (Å²) in [4.78, 5) is 12.3. The van der Waals surface area contributed by atoms with Crippen LogP contribution in [0.1, 0.15) is 44.4 Å². The highest BCUT2D eigenvalue weighted by molar-refractivity contribution is 6.30. The van der Waals surface area contributed by atoms with Crippen LogP contribution in [0.15, 0.2) is 23.4 Å². The average molecular weight is 345 g/mol. The number of carbonyl (C=O) groups excluding carboxylic acids is 1. The molecule has 0 spiro atoms. The molecular formula is C18H21ClN4O. The molecule has 1 atom stereocenters. The lowest BCUT2D eigenvalue weighted by atomic mass is 9.92. The first-order valence-corrected chi connectivity index (χ1v) is 9.00. The number of halogens is 1. The van der Waals surface area contributed by atoms with E-state index >= 15 is 0 Å². The first-order valence-electron chi connectivity index (χ1n) is 8.62. The van der Waals surface area contributed by atoms with Gasteiger partial charge in [-0.1, -0.05) is 25.4 Å². The van der Waals surface area contributed by atoms with Crippen molar-refractivity contribution >= 4 is 28.7 Å². The van der Waals surface area contributed by atoms with E-state index in [1.807, 2.05) is 22.8 Å². The minimum atomic E-state index is 0.0990. The standard InChI is InChI=1S/C18H21ClN4O/c1-3-14-17(15-7-6-13(19)10-22(15)20-14)18-11(2)8-16(24)23(21-18)9-12-4-5-12/h6-7,10-12H,3-5,8-9H2,1-2H3. The van der Waals surface area contributed by atoms with Gasteiger partial charge in [0.05, 0.1) is 21.9 Å². The Morgan fingerprint density at radius 1 is 1.33 bits per heavy atom. The van der Waals surface area contributed by atoms with Crippen molar-refractivity contribution in [1.82, 2.24) is 14.6 Å². The lowest BCUT2D eigenvalue weighted by molar-refractivity contribution is -0.132. The fourth-order valence-corrected chi connectivity index (χ4v) is 3.49. The van der Waals surface area contributed by atoms with Crippen LogP contribution in [-0.2, 0) is 11.2 Å². The van der Waals surface area contributed by atoms with Gasteiger partial charge in [0.2, 0.25) is 5.91 Å². The van der Waals surface area contributed by atoms with E-state index in [1.165, 1.54) is 12.8 Å². The minimum Gasteiger partial charge on any atom is -0.273 e. The summed E-state index contributed by atoms with van der Waals surface area (Å²) < 4.78 is 1.83. The zero-order chi connectivity index (χ0) is 16.8. The Labute approximate surface area is 146 Å². The number of rotatable bonds is 4. The number of amides is 1. The van der Waals surface area contributed by atoms with Crippen LogP contribution in [-0.4, -0.2) is 32.8 Å². The van der Waals surface area contributed by atoms with Gasteiger partial charge in [0.25, 0.3) is 0 Å². The maximum absolute atomic E-state index is 12.3. The molecule has 1 aliphatic carbocycles.